The van der Waals surface area contributed by atoms with Crippen molar-refractivity contribution in [1.82, 2.24) is 9.88 Å². The SMILES string of the molecule is Cn1cc(Cl)cc1C(=O)NC(Cc1ccccc1)C(=O)O. The Morgan fingerprint density at radius 3 is 2.52 bits per heavy atom. The number of hydrogen-bond acceptors (Lipinski definition) is 2. The van der Waals surface area contributed by atoms with Gasteiger partial charge in [0.05, 0.1) is 5.02 Å². The fraction of sp³-hybridized carbons (Fsp3) is 0.200. The Bertz CT molecular complexity index is 652. The van der Waals surface area contributed by atoms with Gasteiger partial charge < -0.3 is 15.0 Å². The van der Waals surface area contributed by atoms with Crippen LogP contribution in [0, 0.1) is 0 Å². The zero-order valence-electron chi connectivity index (χ0n) is 11.4. The van der Waals surface area contributed by atoms with E-state index in [1.807, 2.05) is 30.3 Å². The quantitative estimate of drug-likeness (QED) is 0.888. The van der Waals surface area contributed by atoms with Crippen LogP contribution >= 0.6 is 11.6 Å². The number of amides is 1. The van der Waals surface area contributed by atoms with Gasteiger partial charge in [-0.2, -0.15) is 0 Å². The van der Waals surface area contributed by atoms with Crippen LogP contribution in [-0.4, -0.2) is 27.6 Å². The maximum Gasteiger partial charge on any atom is 0.326 e. The second-order valence-corrected chi connectivity index (χ2v) is 5.14. The maximum absolute atomic E-state index is 12.1. The van der Waals surface area contributed by atoms with Crippen LogP contribution in [0.4, 0.5) is 0 Å². The van der Waals surface area contributed by atoms with Crippen molar-refractivity contribution < 1.29 is 14.7 Å². The number of nitrogens with one attached hydrogen (secondary N) is 1. The van der Waals surface area contributed by atoms with Crippen molar-refractivity contribution in [2.75, 3.05) is 0 Å². The maximum atomic E-state index is 12.1. The van der Waals surface area contributed by atoms with Gasteiger partial charge in [0.1, 0.15) is 11.7 Å². The first-order chi connectivity index (χ1) is 9.97. The van der Waals surface area contributed by atoms with Gasteiger partial charge in [-0.1, -0.05) is 41.9 Å². The molecule has 0 radical (unpaired) electrons. The number of aliphatic carboxylic acids is 1. The van der Waals surface area contributed by atoms with Crippen molar-refractivity contribution in [2.45, 2.75) is 12.5 Å². The zero-order chi connectivity index (χ0) is 15.4. The molecule has 1 atom stereocenters. The Labute approximate surface area is 127 Å². The number of carboxylic acid groups (broad SMARTS) is 1. The zero-order valence-corrected chi connectivity index (χ0v) is 12.2. The van der Waals surface area contributed by atoms with E-state index in [0.29, 0.717) is 10.7 Å². The second-order valence-electron chi connectivity index (χ2n) is 4.71. The van der Waals surface area contributed by atoms with Crippen LogP contribution in [0.5, 0.6) is 0 Å². The third kappa shape index (κ3) is 3.86. The molecule has 2 N–H and O–H groups in total. The number of hydrogen-bond donors (Lipinski definition) is 2. The molecule has 110 valence electrons. The van der Waals surface area contributed by atoms with Crippen LogP contribution in [0.1, 0.15) is 16.1 Å². The molecule has 0 aliphatic heterocycles. The fourth-order valence-corrected chi connectivity index (χ4v) is 2.28. The summed E-state index contributed by atoms with van der Waals surface area (Å²) in [4.78, 5) is 23.4. The lowest BCUT2D eigenvalue weighted by molar-refractivity contribution is -0.139. The molecule has 0 bridgehead atoms. The summed E-state index contributed by atoms with van der Waals surface area (Å²) in [6, 6.07) is 9.65. The largest absolute Gasteiger partial charge is 0.480 e. The average Bonchev–Trinajstić information content (AvgIpc) is 2.78. The first-order valence-corrected chi connectivity index (χ1v) is 6.74. The van der Waals surface area contributed by atoms with E-state index in [1.165, 1.54) is 6.07 Å². The van der Waals surface area contributed by atoms with Gasteiger partial charge in [-0.3, -0.25) is 4.79 Å². The molecule has 0 fully saturated rings. The van der Waals surface area contributed by atoms with Gasteiger partial charge in [0.25, 0.3) is 5.91 Å². The van der Waals surface area contributed by atoms with Crippen LogP contribution in [0.3, 0.4) is 0 Å². The minimum absolute atomic E-state index is 0.222. The van der Waals surface area contributed by atoms with Crippen molar-refractivity contribution in [1.29, 1.82) is 0 Å². The van der Waals surface area contributed by atoms with Crippen molar-refractivity contribution in [3.05, 3.63) is 58.9 Å². The molecule has 21 heavy (non-hydrogen) atoms. The normalized spacial score (nSPS) is 11.9. The number of aryl methyl sites for hydroxylation is 1. The Kier molecular flexibility index (Phi) is 4.65. The third-order valence-electron chi connectivity index (χ3n) is 3.09. The number of benzene rings is 1. The molecule has 0 aliphatic carbocycles. The summed E-state index contributed by atoms with van der Waals surface area (Å²) >= 11 is 5.82. The van der Waals surface area contributed by atoms with Crippen LogP contribution in [0.15, 0.2) is 42.6 Å². The molecule has 0 saturated carbocycles. The number of aromatic nitrogens is 1. The summed E-state index contributed by atoms with van der Waals surface area (Å²) in [5.41, 5.74) is 1.16. The van der Waals surface area contributed by atoms with Gasteiger partial charge in [-0.25, -0.2) is 4.79 Å². The molecular formula is C15H15ClN2O3. The van der Waals surface area contributed by atoms with Crippen LogP contribution in [-0.2, 0) is 18.3 Å². The Morgan fingerprint density at radius 1 is 1.33 bits per heavy atom. The molecule has 1 aromatic heterocycles. The first kappa shape index (κ1) is 15.1. The number of nitrogens with zero attached hydrogens (tertiary/aromatic N) is 1. The van der Waals surface area contributed by atoms with Gasteiger partial charge in [0.2, 0.25) is 0 Å². The van der Waals surface area contributed by atoms with Crippen molar-refractivity contribution >= 4 is 23.5 Å². The smallest absolute Gasteiger partial charge is 0.326 e. The van der Waals surface area contributed by atoms with E-state index in [1.54, 1.807) is 17.8 Å². The van der Waals surface area contributed by atoms with Crippen LogP contribution in [0.2, 0.25) is 5.02 Å². The van der Waals surface area contributed by atoms with Gasteiger partial charge in [-0.15, -0.1) is 0 Å². The third-order valence-corrected chi connectivity index (χ3v) is 3.30. The predicted octanol–water partition coefficient (Wildman–Crippen LogP) is 2.10. The topological polar surface area (TPSA) is 71.3 Å². The molecule has 0 saturated heterocycles. The molecule has 1 unspecified atom stereocenters. The highest BCUT2D eigenvalue weighted by molar-refractivity contribution is 6.31. The molecule has 2 rings (SSSR count). The van der Waals surface area contributed by atoms with Gasteiger partial charge >= 0.3 is 5.97 Å². The van der Waals surface area contributed by atoms with Crippen LogP contribution in [0.25, 0.3) is 0 Å². The lowest BCUT2D eigenvalue weighted by Crippen LogP contribution is -2.42. The minimum atomic E-state index is -1.08. The number of carbonyl (C=O) groups is 2. The van der Waals surface area contributed by atoms with E-state index in [0.717, 1.165) is 5.56 Å². The summed E-state index contributed by atoms with van der Waals surface area (Å²) in [6.07, 6.45) is 1.81. The predicted molar refractivity (Wildman–Crippen MR) is 79.5 cm³/mol. The van der Waals surface area contributed by atoms with Crippen LogP contribution < -0.4 is 5.32 Å². The van der Waals surface area contributed by atoms with Crippen molar-refractivity contribution in [3.8, 4) is 0 Å². The van der Waals surface area contributed by atoms with E-state index in [9.17, 15) is 14.7 Å². The Balaban J connectivity index is 2.11. The van der Waals surface area contributed by atoms with Gasteiger partial charge in [0, 0.05) is 19.7 Å². The molecule has 1 heterocycles. The summed E-state index contributed by atoms with van der Waals surface area (Å²) < 4.78 is 1.55. The fourth-order valence-electron chi connectivity index (χ4n) is 2.03. The van der Waals surface area contributed by atoms with Gasteiger partial charge in [-0.05, 0) is 11.6 Å². The molecular weight excluding hydrogens is 292 g/mol. The van der Waals surface area contributed by atoms with Crippen molar-refractivity contribution in [2.24, 2.45) is 7.05 Å². The lowest BCUT2D eigenvalue weighted by atomic mass is 10.1. The molecule has 6 heteroatoms. The summed E-state index contributed by atoms with van der Waals surface area (Å²) in [5, 5.41) is 12.2. The Morgan fingerprint density at radius 2 is 2.00 bits per heavy atom. The highest BCUT2D eigenvalue weighted by Gasteiger charge is 2.22. The molecule has 1 aromatic carbocycles. The summed E-state index contributed by atoms with van der Waals surface area (Å²) in [7, 11) is 1.67. The Hall–Kier alpha value is -2.27. The molecule has 0 aliphatic rings. The van der Waals surface area contributed by atoms with E-state index >= 15 is 0 Å². The summed E-state index contributed by atoms with van der Waals surface area (Å²) in [5.74, 6) is -1.54. The molecule has 1 amide bonds. The van der Waals surface area contributed by atoms with E-state index < -0.39 is 17.9 Å². The van der Waals surface area contributed by atoms with E-state index in [-0.39, 0.29) is 6.42 Å². The lowest BCUT2D eigenvalue weighted by Gasteiger charge is -2.15. The molecule has 5 nitrogen and oxygen atoms in total. The number of carboxylic acids is 1. The highest BCUT2D eigenvalue weighted by atomic mass is 35.5. The average molecular weight is 307 g/mol. The number of carbonyl (C=O) groups excluding carboxylic acids is 1. The number of halogens is 1. The second kappa shape index (κ2) is 6.45. The number of rotatable bonds is 5. The van der Waals surface area contributed by atoms with Gasteiger partial charge in [0.15, 0.2) is 0 Å². The standard InChI is InChI=1S/C15H15ClN2O3/c1-18-9-11(16)8-13(18)14(19)17-12(15(20)21)7-10-5-3-2-4-6-10/h2-6,8-9,12H,7H2,1H3,(H,17,19)(H,20,21). The molecule has 0 spiro atoms. The monoisotopic (exact) mass is 306 g/mol. The van der Waals surface area contributed by atoms with E-state index in [2.05, 4.69) is 5.32 Å². The highest BCUT2D eigenvalue weighted by Crippen LogP contribution is 2.13. The molecule has 2 aromatic rings. The van der Waals surface area contributed by atoms with E-state index in [4.69, 9.17) is 11.6 Å². The van der Waals surface area contributed by atoms with Crippen molar-refractivity contribution in [3.63, 3.8) is 0 Å². The first-order valence-electron chi connectivity index (χ1n) is 6.37. The minimum Gasteiger partial charge on any atom is -0.480 e. The summed E-state index contributed by atoms with van der Waals surface area (Å²) in [6.45, 7) is 0.